The van der Waals surface area contributed by atoms with Gasteiger partial charge in [-0.2, -0.15) is 5.26 Å². The lowest BCUT2D eigenvalue weighted by atomic mass is 10.4. The highest BCUT2D eigenvalue weighted by Gasteiger charge is 1.99. The average Bonchev–Trinajstić information content (AvgIpc) is 2.14. The van der Waals surface area contributed by atoms with Gasteiger partial charge in [0, 0.05) is 12.6 Å². The molecule has 2 N–H and O–H groups in total. The fourth-order valence-electron chi connectivity index (χ4n) is 0.956. The lowest BCUT2D eigenvalue weighted by Crippen LogP contribution is -2.04. The minimum Gasteiger partial charge on any atom is -0.366 e. The van der Waals surface area contributed by atoms with Gasteiger partial charge >= 0.3 is 0 Å². The standard InChI is InChI=1S/C9H11N5/c1-3-4-11-8-5-9(12-6-10)14-7(2)13-8/h3,5H,1,4H2,2H3,(H2,11,12,13,14). The number of aryl methyl sites for hydroxylation is 1. The van der Waals surface area contributed by atoms with E-state index in [4.69, 9.17) is 5.26 Å². The third-order valence-electron chi connectivity index (χ3n) is 1.45. The molecule has 14 heavy (non-hydrogen) atoms. The van der Waals surface area contributed by atoms with Crippen LogP contribution in [0.15, 0.2) is 18.7 Å². The number of rotatable bonds is 4. The number of aromatic nitrogens is 2. The molecule has 0 saturated heterocycles. The Balaban J connectivity index is 2.84. The SMILES string of the molecule is C=CCNc1cc(NC#N)nc(C)n1. The van der Waals surface area contributed by atoms with Gasteiger partial charge in [0.15, 0.2) is 6.19 Å². The second kappa shape index (κ2) is 4.82. The van der Waals surface area contributed by atoms with Gasteiger partial charge in [0.2, 0.25) is 0 Å². The minimum absolute atomic E-state index is 0.492. The summed E-state index contributed by atoms with van der Waals surface area (Å²) in [5, 5.41) is 13.9. The highest BCUT2D eigenvalue weighted by Crippen LogP contribution is 2.09. The zero-order valence-electron chi connectivity index (χ0n) is 7.91. The third kappa shape index (κ3) is 2.75. The van der Waals surface area contributed by atoms with Crippen molar-refractivity contribution in [3.63, 3.8) is 0 Å². The molecule has 0 amide bonds. The summed E-state index contributed by atoms with van der Waals surface area (Å²) in [6.07, 6.45) is 3.54. The van der Waals surface area contributed by atoms with Gasteiger partial charge in [0.25, 0.3) is 0 Å². The van der Waals surface area contributed by atoms with Crippen LogP contribution < -0.4 is 10.6 Å². The first-order valence-corrected chi connectivity index (χ1v) is 4.12. The van der Waals surface area contributed by atoms with E-state index in [1.54, 1.807) is 25.3 Å². The van der Waals surface area contributed by atoms with E-state index in [-0.39, 0.29) is 0 Å². The van der Waals surface area contributed by atoms with Crippen molar-refractivity contribution in [2.75, 3.05) is 17.2 Å². The monoisotopic (exact) mass is 189 g/mol. The Bertz CT molecular complexity index is 366. The van der Waals surface area contributed by atoms with Gasteiger partial charge in [-0.15, -0.1) is 6.58 Å². The number of anilines is 2. The zero-order valence-corrected chi connectivity index (χ0v) is 7.91. The van der Waals surface area contributed by atoms with Crippen molar-refractivity contribution in [3.05, 3.63) is 24.5 Å². The Morgan fingerprint density at radius 2 is 2.29 bits per heavy atom. The quantitative estimate of drug-likeness (QED) is 0.424. The van der Waals surface area contributed by atoms with Crippen molar-refractivity contribution in [2.24, 2.45) is 0 Å². The summed E-state index contributed by atoms with van der Waals surface area (Å²) < 4.78 is 0. The van der Waals surface area contributed by atoms with Gasteiger partial charge in [0.1, 0.15) is 17.5 Å². The van der Waals surface area contributed by atoms with Crippen molar-refractivity contribution >= 4 is 11.6 Å². The van der Waals surface area contributed by atoms with Crippen LogP contribution in [0.5, 0.6) is 0 Å². The molecule has 0 fully saturated rings. The van der Waals surface area contributed by atoms with Crippen LogP contribution in [-0.4, -0.2) is 16.5 Å². The second-order valence-electron chi connectivity index (χ2n) is 2.59. The van der Waals surface area contributed by atoms with E-state index in [1.165, 1.54) is 0 Å². The summed E-state index contributed by atoms with van der Waals surface area (Å²) in [6.45, 7) is 5.98. The van der Waals surface area contributed by atoms with Gasteiger partial charge in [-0.05, 0) is 6.92 Å². The second-order valence-corrected chi connectivity index (χ2v) is 2.59. The highest BCUT2D eigenvalue weighted by molar-refractivity contribution is 5.49. The number of nitriles is 1. The summed E-state index contributed by atoms with van der Waals surface area (Å²) in [5.74, 6) is 1.78. The maximum absolute atomic E-state index is 8.42. The van der Waals surface area contributed by atoms with Crippen molar-refractivity contribution in [2.45, 2.75) is 6.92 Å². The molecule has 72 valence electrons. The average molecular weight is 189 g/mol. The fourth-order valence-corrected chi connectivity index (χ4v) is 0.956. The molecular formula is C9H11N5. The third-order valence-corrected chi connectivity index (χ3v) is 1.45. The van der Waals surface area contributed by atoms with E-state index >= 15 is 0 Å². The van der Waals surface area contributed by atoms with Crippen LogP contribution in [0.25, 0.3) is 0 Å². The number of nitrogens with zero attached hydrogens (tertiary/aromatic N) is 3. The van der Waals surface area contributed by atoms with Gasteiger partial charge in [-0.3, -0.25) is 5.32 Å². The van der Waals surface area contributed by atoms with Crippen LogP contribution in [0, 0.1) is 18.4 Å². The normalized spacial score (nSPS) is 8.86. The zero-order chi connectivity index (χ0) is 10.4. The molecule has 5 heteroatoms. The van der Waals surface area contributed by atoms with E-state index in [2.05, 4.69) is 27.2 Å². The maximum atomic E-state index is 8.42. The Morgan fingerprint density at radius 3 is 2.93 bits per heavy atom. The minimum atomic E-state index is 0.492. The predicted molar refractivity (Wildman–Crippen MR) is 54.7 cm³/mol. The van der Waals surface area contributed by atoms with E-state index in [0.29, 0.717) is 24.0 Å². The summed E-state index contributed by atoms with van der Waals surface area (Å²) in [7, 11) is 0. The largest absolute Gasteiger partial charge is 0.366 e. The molecular weight excluding hydrogens is 178 g/mol. The van der Waals surface area contributed by atoms with Gasteiger partial charge in [-0.1, -0.05) is 6.08 Å². The molecule has 0 aliphatic heterocycles. The molecule has 0 radical (unpaired) electrons. The van der Waals surface area contributed by atoms with Gasteiger partial charge < -0.3 is 5.32 Å². The first kappa shape index (κ1) is 9.99. The molecule has 1 aromatic rings. The molecule has 0 bridgehead atoms. The van der Waals surface area contributed by atoms with Crippen LogP contribution in [0.2, 0.25) is 0 Å². The molecule has 0 aromatic carbocycles. The summed E-state index contributed by atoms with van der Waals surface area (Å²) in [4.78, 5) is 8.16. The van der Waals surface area contributed by atoms with E-state index < -0.39 is 0 Å². The Kier molecular flexibility index (Phi) is 3.44. The molecule has 1 heterocycles. The summed E-state index contributed by atoms with van der Waals surface area (Å²) in [5.41, 5.74) is 0. The molecule has 0 saturated carbocycles. The van der Waals surface area contributed by atoms with E-state index in [0.717, 1.165) is 0 Å². The topological polar surface area (TPSA) is 73.6 Å². The van der Waals surface area contributed by atoms with E-state index in [1.807, 2.05) is 0 Å². The van der Waals surface area contributed by atoms with E-state index in [9.17, 15) is 0 Å². The van der Waals surface area contributed by atoms with Crippen molar-refractivity contribution in [1.29, 1.82) is 5.26 Å². The first-order valence-electron chi connectivity index (χ1n) is 4.12. The fraction of sp³-hybridized carbons (Fsp3) is 0.222. The number of hydrogen-bond donors (Lipinski definition) is 2. The molecule has 0 atom stereocenters. The van der Waals surface area contributed by atoms with Crippen LogP contribution in [0.1, 0.15) is 5.82 Å². The van der Waals surface area contributed by atoms with Crippen molar-refractivity contribution < 1.29 is 0 Å². The van der Waals surface area contributed by atoms with Gasteiger partial charge in [0.05, 0.1) is 0 Å². The first-order chi connectivity index (χ1) is 6.76. The molecule has 0 aliphatic carbocycles. The predicted octanol–water partition coefficient (Wildman–Crippen LogP) is 1.28. The number of nitrogens with one attached hydrogen (secondary N) is 2. The smallest absolute Gasteiger partial charge is 0.182 e. The van der Waals surface area contributed by atoms with Crippen molar-refractivity contribution in [1.82, 2.24) is 9.97 Å². The highest BCUT2D eigenvalue weighted by atomic mass is 15.1. The Labute approximate surface area is 82.5 Å². The molecule has 1 rings (SSSR count). The lowest BCUT2D eigenvalue weighted by molar-refractivity contribution is 1.05. The molecule has 5 nitrogen and oxygen atoms in total. The lowest BCUT2D eigenvalue weighted by Gasteiger charge is -2.04. The molecule has 1 aromatic heterocycles. The summed E-state index contributed by atoms with van der Waals surface area (Å²) in [6, 6.07) is 1.67. The van der Waals surface area contributed by atoms with Crippen molar-refractivity contribution in [3.8, 4) is 6.19 Å². The van der Waals surface area contributed by atoms with Crippen LogP contribution in [0.4, 0.5) is 11.6 Å². The van der Waals surface area contributed by atoms with Crippen LogP contribution in [-0.2, 0) is 0 Å². The Morgan fingerprint density at radius 1 is 1.57 bits per heavy atom. The summed E-state index contributed by atoms with van der Waals surface area (Å²) >= 11 is 0. The molecule has 0 spiro atoms. The van der Waals surface area contributed by atoms with Gasteiger partial charge in [-0.25, -0.2) is 9.97 Å². The molecule has 0 aliphatic rings. The number of hydrogen-bond acceptors (Lipinski definition) is 5. The maximum Gasteiger partial charge on any atom is 0.182 e. The van der Waals surface area contributed by atoms with Crippen LogP contribution >= 0.6 is 0 Å². The molecule has 0 unspecified atom stereocenters. The Hall–Kier alpha value is -2.09. The van der Waals surface area contributed by atoms with Crippen LogP contribution in [0.3, 0.4) is 0 Å².